The molecule has 0 aromatic rings. The van der Waals surface area contributed by atoms with Crippen molar-refractivity contribution in [1.82, 2.24) is 5.32 Å². The molecule has 1 heterocycles. The van der Waals surface area contributed by atoms with Crippen molar-refractivity contribution in [3.05, 3.63) is 0 Å². The van der Waals surface area contributed by atoms with E-state index in [-0.39, 0.29) is 0 Å². The van der Waals surface area contributed by atoms with Gasteiger partial charge in [0.2, 0.25) is 0 Å². The number of thioether (sulfide) groups is 1. The van der Waals surface area contributed by atoms with Crippen LogP contribution in [0.2, 0.25) is 0 Å². The fourth-order valence-electron chi connectivity index (χ4n) is 1.27. The first-order valence-corrected chi connectivity index (χ1v) is 4.97. The summed E-state index contributed by atoms with van der Waals surface area (Å²) < 4.78 is 0. The van der Waals surface area contributed by atoms with Crippen LogP contribution in [0.1, 0.15) is 19.8 Å². The topological polar surface area (TPSA) is 12.0 Å². The third kappa shape index (κ3) is 2.18. The lowest BCUT2D eigenvalue weighted by atomic mass is 9.97. The van der Waals surface area contributed by atoms with Crippen molar-refractivity contribution in [2.75, 3.05) is 12.0 Å². The summed E-state index contributed by atoms with van der Waals surface area (Å²) in [6.45, 7) is 2.25. The third-order valence-electron chi connectivity index (χ3n) is 1.83. The molecule has 1 rings (SSSR count). The smallest absolute Gasteiger partial charge is 0.00921 e. The molecular weight excluding hydrogens is 130 g/mol. The van der Waals surface area contributed by atoms with E-state index in [4.69, 9.17) is 0 Å². The molecule has 0 amide bonds. The Bertz CT molecular complexity index is 79.0. The molecule has 2 unspecified atom stereocenters. The van der Waals surface area contributed by atoms with E-state index >= 15 is 0 Å². The van der Waals surface area contributed by atoms with Crippen molar-refractivity contribution in [1.29, 1.82) is 0 Å². The monoisotopic (exact) mass is 145 g/mol. The minimum atomic E-state index is 0.789. The summed E-state index contributed by atoms with van der Waals surface area (Å²) in [6.07, 6.45) is 4.91. The van der Waals surface area contributed by atoms with Crippen molar-refractivity contribution in [3.8, 4) is 0 Å². The maximum atomic E-state index is 3.46. The van der Waals surface area contributed by atoms with Gasteiger partial charge in [-0.15, -0.1) is 0 Å². The highest BCUT2D eigenvalue weighted by atomic mass is 32.2. The molecule has 0 bridgehead atoms. The first kappa shape index (κ1) is 7.42. The van der Waals surface area contributed by atoms with Crippen molar-refractivity contribution >= 4 is 11.8 Å². The van der Waals surface area contributed by atoms with Gasteiger partial charge in [0.15, 0.2) is 0 Å². The van der Waals surface area contributed by atoms with Crippen LogP contribution in [0.5, 0.6) is 0 Å². The summed E-state index contributed by atoms with van der Waals surface area (Å²) in [6, 6.07) is 1.63. The first-order valence-electron chi connectivity index (χ1n) is 3.58. The van der Waals surface area contributed by atoms with Gasteiger partial charge in [0.05, 0.1) is 0 Å². The summed E-state index contributed by atoms with van der Waals surface area (Å²) >= 11 is 1.94. The molecule has 0 saturated carbocycles. The zero-order valence-electron chi connectivity index (χ0n) is 6.18. The zero-order chi connectivity index (χ0) is 6.69. The quantitative estimate of drug-likeness (QED) is 0.645. The maximum absolute atomic E-state index is 3.46. The van der Waals surface area contributed by atoms with E-state index in [2.05, 4.69) is 18.5 Å². The molecule has 1 aliphatic heterocycles. The van der Waals surface area contributed by atoms with E-state index < -0.39 is 0 Å². The molecule has 2 atom stereocenters. The molecule has 0 spiro atoms. The molecule has 1 saturated heterocycles. The Morgan fingerprint density at radius 1 is 1.67 bits per heavy atom. The molecule has 0 radical (unpaired) electrons. The van der Waals surface area contributed by atoms with Crippen molar-refractivity contribution in [2.24, 2.45) is 0 Å². The molecule has 1 fully saturated rings. The van der Waals surface area contributed by atoms with Gasteiger partial charge in [-0.05, 0) is 31.8 Å². The van der Waals surface area contributed by atoms with Gasteiger partial charge in [-0.1, -0.05) is 0 Å². The van der Waals surface area contributed by atoms with Crippen LogP contribution >= 0.6 is 11.8 Å². The van der Waals surface area contributed by atoms with E-state index in [1.807, 2.05) is 11.8 Å². The Morgan fingerprint density at radius 2 is 2.33 bits per heavy atom. The largest absolute Gasteiger partial charge is 0.311 e. The molecule has 9 heavy (non-hydrogen) atoms. The molecule has 0 aliphatic carbocycles. The second kappa shape index (κ2) is 3.47. The van der Waals surface area contributed by atoms with E-state index in [1.54, 1.807) is 0 Å². The average molecular weight is 145 g/mol. The molecule has 54 valence electrons. The van der Waals surface area contributed by atoms with Crippen LogP contribution in [-0.4, -0.2) is 24.1 Å². The number of hydrogen-bond acceptors (Lipinski definition) is 2. The van der Waals surface area contributed by atoms with Crippen LogP contribution in [0.15, 0.2) is 0 Å². The first-order chi connectivity index (χ1) is 4.33. The lowest BCUT2D eigenvalue weighted by molar-refractivity contribution is 0.277. The van der Waals surface area contributed by atoms with Crippen LogP contribution in [-0.2, 0) is 0 Å². The fraction of sp³-hybridized carbons (Fsp3) is 1.00. The standard InChI is InChI=1S/C7H15NS/c1-6-5-7(8-6)3-4-9-2/h6-8H,3-5H2,1-2H3. The summed E-state index contributed by atoms with van der Waals surface area (Å²) in [7, 11) is 0. The maximum Gasteiger partial charge on any atom is 0.00921 e. The van der Waals surface area contributed by atoms with Crippen LogP contribution in [0.25, 0.3) is 0 Å². The average Bonchev–Trinajstić information content (AvgIpc) is 1.78. The summed E-state index contributed by atoms with van der Waals surface area (Å²) in [4.78, 5) is 0. The lowest BCUT2D eigenvalue weighted by Crippen LogP contribution is -2.50. The second-order valence-corrected chi connectivity index (χ2v) is 3.77. The Kier molecular flexibility index (Phi) is 2.86. The molecule has 1 nitrogen and oxygen atoms in total. The van der Waals surface area contributed by atoms with Gasteiger partial charge in [0, 0.05) is 12.1 Å². The third-order valence-corrected chi connectivity index (χ3v) is 2.47. The van der Waals surface area contributed by atoms with Crippen LogP contribution < -0.4 is 5.32 Å². The molecular formula is C7H15NS. The molecule has 1 N–H and O–H groups in total. The molecule has 0 aromatic heterocycles. The Morgan fingerprint density at radius 3 is 2.78 bits per heavy atom. The van der Waals surface area contributed by atoms with E-state index in [0.29, 0.717) is 0 Å². The number of nitrogens with one attached hydrogen (secondary N) is 1. The van der Waals surface area contributed by atoms with Gasteiger partial charge in [-0.25, -0.2) is 0 Å². The molecule has 2 heteroatoms. The number of rotatable bonds is 3. The van der Waals surface area contributed by atoms with Crippen molar-refractivity contribution in [3.63, 3.8) is 0 Å². The van der Waals surface area contributed by atoms with E-state index in [9.17, 15) is 0 Å². The SMILES string of the molecule is CSCCC1CC(C)N1. The minimum absolute atomic E-state index is 0.789. The highest BCUT2D eigenvalue weighted by molar-refractivity contribution is 7.98. The van der Waals surface area contributed by atoms with Crippen LogP contribution in [0.3, 0.4) is 0 Å². The predicted molar refractivity (Wildman–Crippen MR) is 44.0 cm³/mol. The summed E-state index contributed by atoms with van der Waals surface area (Å²) in [5.41, 5.74) is 0. The van der Waals surface area contributed by atoms with Crippen molar-refractivity contribution < 1.29 is 0 Å². The fourth-order valence-corrected chi connectivity index (χ4v) is 1.79. The molecule has 1 aliphatic rings. The highest BCUT2D eigenvalue weighted by Crippen LogP contribution is 2.15. The molecule has 0 aromatic carbocycles. The number of hydrogen-bond donors (Lipinski definition) is 1. The Balaban J connectivity index is 1.91. The van der Waals surface area contributed by atoms with Crippen LogP contribution in [0, 0.1) is 0 Å². The minimum Gasteiger partial charge on any atom is -0.311 e. The van der Waals surface area contributed by atoms with Gasteiger partial charge in [-0.3, -0.25) is 0 Å². The van der Waals surface area contributed by atoms with Gasteiger partial charge in [0.25, 0.3) is 0 Å². The van der Waals surface area contributed by atoms with Gasteiger partial charge in [-0.2, -0.15) is 11.8 Å². The Hall–Kier alpha value is 0.310. The normalized spacial score (nSPS) is 34.0. The van der Waals surface area contributed by atoms with Crippen molar-refractivity contribution in [2.45, 2.75) is 31.8 Å². The van der Waals surface area contributed by atoms with E-state index in [0.717, 1.165) is 12.1 Å². The van der Waals surface area contributed by atoms with Crippen LogP contribution in [0.4, 0.5) is 0 Å². The van der Waals surface area contributed by atoms with E-state index in [1.165, 1.54) is 18.6 Å². The Labute approximate surface area is 61.6 Å². The highest BCUT2D eigenvalue weighted by Gasteiger charge is 2.22. The summed E-state index contributed by atoms with van der Waals surface area (Å²) in [5, 5.41) is 3.46. The summed E-state index contributed by atoms with van der Waals surface area (Å²) in [5.74, 6) is 1.31. The second-order valence-electron chi connectivity index (χ2n) is 2.78. The van der Waals surface area contributed by atoms with Gasteiger partial charge in [0.1, 0.15) is 0 Å². The lowest BCUT2D eigenvalue weighted by Gasteiger charge is -2.34. The zero-order valence-corrected chi connectivity index (χ0v) is 7.00. The predicted octanol–water partition coefficient (Wildman–Crippen LogP) is 1.49. The van der Waals surface area contributed by atoms with Gasteiger partial charge >= 0.3 is 0 Å². The van der Waals surface area contributed by atoms with Gasteiger partial charge < -0.3 is 5.32 Å².